The summed E-state index contributed by atoms with van der Waals surface area (Å²) in [6, 6.07) is 17.0. The van der Waals surface area contributed by atoms with E-state index in [-0.39, 0.29) is 0 Å². The van der Waals surface area contributed by atoms with Crippen molar-refractivity contribution in [3.05, 3.63) is 71.8 Å². The Labute approximate surface area is 362 Å². The van der Waals surface area contributed by atoms with Gasteiger partial charge in [0.15, 0.2) is 0 Å². The molecule has 2 atom stereocenters. The van der Waals surface area contributed by atoms with Crippen molar-refractivity contribution in [1.82, 2.24) is 0 Å². The van der Waals surface area contributed by atoms with Crippen molar-refractivity contribution >= 4 is 91.8 Å². The zero-order valence-corrected chi connectivity index (χ0v) is 53.3. The van der Waals surface area contributed by atoms with E-state index in [0.29, 0.717) is 9.50 Å². The Morgan fingerprint density at radius 1 is 0.339 bits per heavy atom. The van der Waals surface area contributed by atoms with Crippen LogP contribution in [0.4, 0.5) is 0 Å². The molecule has 2 nitrogen and oxygen atoms in total. The van der Waals surface area contributed by atoms with Crippen LogP contribution in [0.25, 0.3) is 0 Å². The molecule has 2 aliphatic heterocycles. The minimum atomic E-state index is -3.26. The van der Waals surface area contributed by atoms with Gasteiger partial charge in [0.2, 0.25) is 0 Å². The number of hydrogen-bond donors (Lipinski definition) is 0. The van der Waals surface area contributed by atoms with Crippen LogP contribution in [0.3, 0.4) is 0 Å². The average Bonchev–Trinajstić information content (AvgIpc) is 3.40. The summed E-state index contributed by atoms with van der Waals surface area (Å²) in [7, 11) is -12.9. The molecule has 5 rings (SSSR count). The van der Waals surface area contributed by atoms with Gasteiger partial charge in [-0.15, -0.1) is 0 Å². The third-order valence-corrected chi connectivity index (χ3v) is 126. The first kappa shape index (κ1) is 49.3. The van der Waals surface area contributed by atoms with Gasteiger partial charge in [0.25, 0.3) is 0 Å². The molecule has 0 aromatic heterocycles. The molecule has 2 aromatic carbocycles. The third kappa shape index (κ3) is 9.20. The molecule has 2 heterocycles. The average molecular weight is 1020 g/mol. The second-order valence-electron chi connectivity index (χ2n) is 27.0. The van der Waals surface area contributed by atoms with E-state index in [1.165, 1.54) is 11.5 Å². The summed E-state index contributed by atoms with van der Waals surface area (Å²) in [6.07, 6.45) is 5.86. The first-order valence-electron chi connectivity index (χ1n) is 22.1. The Balaban J connectivity index is 0.00000106. The van der Waals surface area contributed by atoms with E-state index in [4.69, 9.17) is 7.53 Å². The number of hydrogen-bond acceptors (Lipinski definition) is 2. The second-order valence-corrected chi connectivity index (χ2v) is 96.9. The molecule has 0 bridgehead atoms. The maximum Gasteiger partial charge on any atom is -0.0623 e. The summed E-state index contributed by atoms with van der Waals surface area (Å²) in [5, 5.41) is 0. The second kappa shape index (κ2) is 15.7. The zero-order chi connectivity index (χ0) is 43.3. The van der Waals surface area contributed by atoms with Gasteiger partial charge in [0.05, 0.1) is 0 Å². The SMILES string of the molecule is C[Si](C)(C)[CH]([Si](C)(C)C)[Ge]1([CH]([Si](C)(C)C)[Si](C)(C)C)[O]c2ccc3c4c2[C@H]1C=C[C@H]4[Ge]([CH]([Si](C)(C)C)[Si](C)(C)C)([CH]([Si](C)(C)C)[Si](C)(C)C)[O]3.c1ccccc1. The largest absolute Gasteiger partial charge is 0.0623 e. The van der Waals surface area contributed by atoms with Crippen LogP contribution in [-0.2, 0) is 0 Å². The maximum atomic E-state index is 8.31. The smallest absolute Gasteiger partial charge is 0.0623 e. The van der Waals surface area contributed by atoms with Crippen molar-refractivity contribution in [3.8, 4) is 11.5 Å². The molecular formula is C44H88Ge2O2Si8. The van der Waals surface area contributed by atoms with Crippen molar-refractivity contribution in [3.63, 3.8) is 0 Å². The van der Waals surface area contributed by atoms with Gasteiger partial charge in [-0.05, 0) is 0 Å². The van der Waals surface area contributed by atoms with Gasteiger partial charge in [0.1, 0.15) is 0 Å². The third-order valence-electron chi connectivity index (χ3n) is 13.3. The van der Waals surface area contributed by atoms with E-state index >= 15 is 0 Å². The Hall–Kier alpha value is 0.601. The van der Waals surface area contributed by atoms with E-state index in [9.17, 15) is 0 Å². The Morgan fingerprint density at radius 2 is 0.518 bits per heavy atom. The molecule has 0 radical (unpaired) electrons. The number of benzene rings is 2. The fourth-order valence-electron chi connectivity index (χ4n) is 15.4. The molecular weight excluding hydrogens is 930 g/mol. The van der Waals surface area contributed by atoms with Gasteiger partial charge in [-0.1, -0.05) is 36.4 Å². The molecule has 56 heavy (non-hydrogen) atoms. The van der Waals surface area contributed by atoms with E-state index < -0.39 is 91.8 Å². The molecule has 0 saturated heterocycles. The first-order chi connectivity index (χ1) is 24.9. The van der Waals surface area contributed by atoms with Crippen LogP contribution in [0.2, 0.25) is 173 Å². The molecule has 0 amide bonds. The molecule has 12 heteroatoms. The normalized spacial score (nSPS) is 20.9. The standard InChI is InChI=1S/C38H82Ge2O2Si8.C6H6/c1-43(2,3)35(44(4,5)6)39(36(45(7,8)9)46(10,11)12)29-25-26-30-34-32(28-27-31(41-39)33(29)34)42-40(30,37(47(13,14)15)48(16,17)18)38(49(19,20)21)50(22,23)24;1-2-4-6-5-3-1/h25-30,35-38H,1-24H3;1-6H/t29-,30-;/m1./s1. The van der Waals surface area contributed by atoms with E-state index in [0.717, 1.165) is 16.0 Å². The van der Waals surface area contributed by atoms with Gasteiger partial charge in [-0.25, -0.2) is 0 Å². The molecule has 316 valence electrons. The van der Waals surface area contributed by atoms with Crippen molar-refractivity contribution in [2.75, 3.05) is 0 Å². The molecule has 2 aromatic rings. The number of rotatable bonds is 12. The summed E-state index contributed by atoms with van der Waals surface area (Å²) < 4.78 is 21.1. The van der Waals surface area contributed by atoms with Crippen LogP contribution in [0.15, 0.2) is 60.7 Å². The molecule has 1 aliphatic carbocycles. The first-order valence-corrected chi connectivity index (χ1v) is 59.7. The van der Waals surface area contributed by atoms with Gasteiger partial charge in [0, 0.05) is 0 Å². The maximum absolute atomic E-state index is 8.31. The number of allylic oxidation sites excluding steroid dienone is 2. The van der Waals surface area contributed by atoms with Crippen LogP contribution in [0.1, 0.15) is 20.6 Å². The molecule has 0 unspecified atom stereocenters. The van der Waals surface area contributed by atoms with Gasteiger partial charge >= 0.3 is 329 Å². The van der Waals surface area contributed by atoms with E-state index in [2.05, 4.69) is 181 Å². The molecule has 0 fully saturated rings. The van der Waals surface area contributed by atoms with Crippen LogP contribution in [0, 0.1) is 0 Å². The fourth-order valence-corrected chi connectivity index (χ4v) is 173. The predicted octanol–water partition coefficient (Wildman–Crippen LogP) is 15.4. The van der Waals surface area contributed by atoms with Crippen molar-refractivity contribution < 1.29 is 7.53 Å². The fraction of sp³-hybridized carbons (Fsp3) is 0.682. The Morgan fingerprint density at radius 3 is 0.679 bits per heavy atom. The van der Waals surface area contributed by atoms with Crippen LogP contribution < -0.4 is 7.53 Å². The molecule has 0 saturated carbocycles. The van der Waals surface area contributed by atoms with Crippen LogP contribution >= 0.6 is 0 Å². The van der Waals surface area contributed by atoms with Gasteiger partial charge in [-0.2, -0.15) is 0 Å². The minimum absolute atomic E-state index is 0.527. The van der Waals surface area contributed by atoms with Gasteiger partial charge < -0.3 is 0 Å². The van der Waals surface area contributed by atoms with Crippen LogP contribution in [-0.4, -0.2) is 91.8 Å². The van der Waals surface area contributed by atoms with Crippen molar-refractivity contribution in [1.29, 1.82) is 0 Å². The van der Waals surface area contributed by atoms with Gasteiger partial charge in [-0.3, -0.25) is 0 Å². The summed E-state index contributed by atoms with van der Waals surface area (Å²) in [6.45, 7) is 65.7. The monoisotopic (exact) mass is 1020 g/mol. The summed E-state index contributed by atoms with van der Waals surface area (Å²) >= 11 is -6.53. The van der Waals surface area contributed by atoms with Crippen molar-refractivity contribution in [2.24, 2.45) is 0 Å². The quantitative estimate of drug-likeness (QED) is 0.156. The zero-order valence-electron chi connectivity index (χ0n) is 41.1. The summed E-state index contributed by atoms with van der Waals surface area (Å²) in [5.41, 5.74) is 3.39. The molecule has 0 spiro atoms. The topological polar surface area (TPSA) is 18.5 Å². The van der Waals surface area contributed by atoms with Crippen molar-refractivity contribution in [2.45, 2.75) is 183 Å². The Bertz CT molecular complexity index is 1470. The van der Waals surface area contributed by atoms with E-state index in [1.54, 1.807) is 11.1 Å². The molecule has 3 aliphatic rings. The Kier molecular flexibility index (Phi) is 13.9. The molecule has 0 N–H and O–H groups in total. The summed E-state index contributed by atoms with van der Waals surface area (Å²) in [4.78, 5) is 0. The van der Waals surface area contributed by atoms with Crippen LogP contribution in [0.5, 0.6) is 11.5 Å². The summed E-state index contributed by atoms with van der Waals surface area (Å²) in [5.74, 6) is 2.67. The minimum Gasteiger partial charge on any atom is -0.0623 e. The van der Waals surface area contributed by atoms with E-state index in [1.807, 2.05) is 36.4 Å². The predicted molar refractivity (Wildman–Crippen MR) is 282 cm³/mol.